The van der Waals surface area contributed by atoms with E-state index in [9.17, 15) is 5.21 Å². The first-order chi connectivity index (χ1) is 7.77. The SMILES string of the molecule is CC(C)CCCCCCCCCCC[NH2+][O-].O. The molecule has 0 atom stereocenters. The number of hydrogen-bond donors (Lipinski definition) is 1. The highest BCUT2D eigenvalue weighted by molar-refractivity contribution is 4.49. The Balaban J connectivity index is 0. The molecule has 0 radical (unpaired) electrons. The average Bonchev–Trinajstić information content (AvgIpc) is 2.25. The highest BCUT2D eigenvalue weighted by Crippen LogP contribution is 2.12. The maximum Gasteiger partial charge on any atom is 0.0752 e. The van der Waals surface area contributed by atoms with Crippen LogP contribution >= 0.6 is 0 Å². The topological polar surface area (TPSA) is 71.2 Å². The van der Waals surface area contributed by atoms with Crippen molar-refractivity contribution in [3.63, 3.8) is 0 Å². The maximum atomic E-state index is 10.1. The lowest BCUT2D eigenvalue weighted by molar-refractivity contribution is -0.589. The number of rotatable bonds is 12. The summed E-state index contributed by atoms with van der Waals surface area (Å²) in [7, 11) is 0. The Bertz CT molecular complexity index is 129. The van der Waals surface area contributed by atoms with Gasteiger partial charge in [0.1, 0.15) is 0 Å². The molecule has 4 N–H and O–H groups in total. The number of unbranched alkanes of at least 4 members (excludes halogenated alkanes) is 8. The molecule has 106 valence electrons. The lowest BCUT2D eigenvalue weighted by Crippen LogP contribution is -2.77. The van der Waals surface area contributed by atoms with Crippen molar-refractivity contribution in [1.29, 1.82) is 0 Å². The fourth-order valence-electron chi connectivity index (χ4n) is 2.02. The minimum absolute atomic E-state index is 0. The summed E-state index contributed by atoms with van der Waals surface area (Å²) in [6.45, 7) is 5.37. The molecular formula is C14H33NO2. The van der Waals surface area contributed by atoms with E-state index in [1.807, 2.05) is 0 Å². The molecule has 0 fully saturated rings. The van der Waals surface area contributed by atoms with E-state index < -0.39 is 0 Å². The summed E-state index contributed by atoms with van der Waals surface area (Å²) < 4.78 is 0. The van der Waals surface area contributed by atoms with Crippen LogP contribution in [0.5, 0.6) is 0 Å². The molecule has 0 heterocycles. The minimum atomic E-state index is 0. The normalized spacial score (nSPS) is 10.6. The van der Waals surface area contributed by atoms with Crippen molar-refractivity contribution < 1.29 is 11.0 Å². The predicted octanol–water partition coefficient (Wildman–Crippen LogP) is 2.78. The van der Waals surface area contributed by atoms with Gasteiger partial charge < -0.3 is 16.2 Å². The molecule has 0 aliphatic carbocycles. The molecule has 0 aromatic rings. The first kappa shape index (κ1) is 19.2. The number of hydroxylamine groups is 1. The van der Waals surface area contributed by atoms with Crippen LogP contribution in [-0.2, 0) is 0 Å². The molecule has 0 aromatic heterocycles. The zero-order valence-corrected chi connectivity index (χ0v) is 11.8. The van der Waals surface area contributed by atoms with Crippen LogP contribution in [0, 0.1) is 11.1 Å². The highest BCUT2D eigenvalue weighted by Gasteiger charge is 1.95. The Morgan fingerprint density at radius 3 is 1.59 bits per heavy atom. The third kappa shape index (κ3) is 18.4. The van der Waals surface area contributed by atoms with Crippen LogP contribution < -0.4 is 5.48 Å². The van der Waals surface area contributed by atoms with Gasteiger partial charge in [-0.05, 0) is 18.8 Å². The summed E-state index contributed by atoms with van der Waals surface area (Å²) >= 11 is 0. The Morgan fingerprint density at radius 2 is 1.18 bits per heavy atom. The molecule has 0 unspecified atom stereocenters. The van der Waals surface area contributed by atoms with Gasteiger partial charge >= 0.3 is 0 Å². The van der Waals surface area contributed by atoms with Gasteiger partial charge in [0.05, 0.1) is 6.54 Å². The molecule has 0 rings (SSSR count). The molecule has 3 nitrogen and oxygen atoms in total. The van der Waals surface area contributed by atoms with Crippen molar-refractivity contribution in [3.05, 3.63) is 5.21 Å². The summed E-state index contributed by atoms with van der Waals surface area (Å²) in [6.07, 6.45) is 13.5. The summed E-state index contributed by atoms with van der Waals surface area (Å²) in [5.41, 5.74) is 1.04. The smallest absolute Gasteiger partial charge is 0.0752 e. The number of nitrogens with two attached hydrogens (primary N) is 1. The molecule has 17 heavy (non-hydrogen) atoms. The van der Waals surface area contributed by atoms with Gasteiger partial charge in [-0.25, -0.2) is 0 Å². The van der Waals surface area contributed by atoms with Crippen molar-refractivity contribution in [1.82, 2.24) is 0 Å². The fourth-order valence-corrected chi connectivity index (χ4v) is 2.02. The standard InChI is InChI=1S/C14H31NO.H2O/c1-14(2)12-10-8-6-4-3-5-7-9-11-13-15-16;/h14H,3-13,15H2,1-2H3;1H2. The zero-order valence-electron chi connectivity index (χ0n) is 11.8. The predicted molar refractivity (Wildman–Crippen MR) is 74.8 cm³/mol. The molecule has 0 aliphatic rings. The third-order valence-corrected chi connectivity index (χ3v) is 3.10. The van der Waals surface area contributed by atoms with Crippen LogP contribution in [-0.4, -0.2) is 12.0 Å². The van der Waals surface area contributed by atoms with Crippen molar-refractivity contribution in [2.45, 2.75) is 78.1 Å². The Hall–Kier alpha value is -0.120. The largest absolute Gasteiger partial charge is 0.636 e. The van der Waals surface area contributed by atoms with Crippen molar-refractivity contribution >= 4 is 0 Å². The second-order valence-corrected chi connectivity index (χ2v) is 5.32. The van der Waals surface area contributed by atoms with E-state index in [0.29, 0.717) is 0 Å². The van der Waals surface area contributed by atoms with E-state index in [-0.39, 0.29) is 5.48 Å². The molecular weight excluding hydrogens is 214 g/mol. The second-order valence-electron chi connectivity index (χ2n) is 5.32. The Kier molecular flexibility index (Phi) is 18.0. The molecule has 0 aromatic carbocycles. The van der Waals surface area contributed by atoms with Crippen LogP contribution in [0.3, 0.4) is 0 Å². The van der Waals surface area contributed by atoms with Crippen LogP contribution in [0.15, 0.2) is 0 Å². The van der Waals surface area contributed by atoms with Gasteiger partial charge in [0, 0.05) is 0 Å². The van der Waals surface area contributed by atoms with Gasteiger partial charge in [0.15, 0.2) is 0 Å². The summed E-state index contributed by atoms with van der Waals surface area (Å²) in [5.74, 6) is 0.873. The van der Waals surface area contributed by atoms with E-state index in [1.54, 1.807) is 0 Å². The van der Waals surface area contributed by atoms with E-state index >= 15 is 0 Å². The molecule has 3 heteroatoms. The summed E-state index contributed by atoms with van der Waals surface area (Å²) in [4.78, 5) is 0. The van der Waals surface area contributed by atoms with Crippen LogP contribution in [0.1, 0.15) is 78.1 Å². The van der Waals surface area contributed by atoms with Crippen LogP contribution in [0.2, 0.25) is 0 Å². The number of hydrogen-bond acceptors (Lipinski definition) is 1. The quantitative estimate of drug-likeness (QED) is 0.418. The second kappa shape index (κ2) is 15.9. The zero-order chi connectivity index (χ0) is 12.1. The fraction of sp³-hybridized carbons (Fsp3) is 1.00. The Morgan fingerprint density at radius 1 is 0.765 bits per heavy atom. The third-order valence-electron chi connectivity index (χ3n) is 3.10. The van der Waals surface area contributed by atoms with Gasteiger partial charge in [0.25, 0.3) is 0 Å². The molecule has 0 aliphatic heterocycles. The van der Waals surface area contributed by atoms with E-state index in [0.717, 1.165) is 24.4 Å². The van der Waals surface area contributed by atoms with Crippen molar-refractivity contribution in [3.8, 4) is 0 Å². The van der Waals surface area contributed by atoms with E-state index in [2.05, 4.69) is 13.8 Å². The Labute approximate surface area is 107 Å². The molecule has 0 amide bonds. The summed E-state index contributed by atoms with van der Waals surface area (Å²) in [6, 6.07) is 0. The molecule has 0 spiro atoms. The van der Waals surface area contributed by atoms with Gasteiger partial charge in [-0.1, -0.05) is 65.2 Å². The highest BCUT2D eigenvalue weighted by atomic mass is 16.5. The lowest BCUT2D eigenvalue weighted by atomic mass is 10.0. The monoisotopic (exact) mass is 247 g/mol. The van der Waals surface area contributed by atoms with Crippen LogP contribution in [0.25, 0.3) is 0 Å². The van der Waals surface area contributed by atoms with Gasteiger partial charge in [-0.2, -0.15) is 0 Å². The molecule has 0 bridgehead atoms. The first-order valence-corrected chi connectivity index (χ1v) is 7.21. The van der Waals surface area contributed by atoms with Crippen molar-refractivity contribution in [2.75, 3.05) is 6.54 Å². The molecule has 0 saturated carbocycles. The van der Waals surface area contributed by atoms with Gasteiger partial charge in [0.2, 0.25) is 0 Å². The van der Waals surface area contributed by atoms with Gasteiger partial charge in [-0.3, -0.25) is 0 Å². The first-order valence-electron chi connectivity index (χ1n) is 7.21. The van der Waals surface area contributed by atoms with E-state index in [1.165, 1.54) is 57.8 Å². The maximum absolute atomic E-state index is 10.1. The minimum Gasteiger partial charge on any atom is -0.636 e. The summed E-state index contributed by atoms with van der Waals surface area (Å²) in [5, 5.41) is 10.1. The average molecular weight is 247 g/mol. The van der Waals surface area contributed by atoms with Crippen molar-refractivity contribution in [2.24, 2.45) is 5.92 Å². The number of quaternary nitrogens is 1. The van der Waals surface area contributed by atoms with Crippen LogP contribution in [0.4, 0.5) is 0 Å². The van der Waals surface area contributed by atoms with Gasteiger partial charge in [-0.15, -0.1) is 0 Å². The lowest BCUT2D eigenvalue weighted by Gasteiger charge is -2.04. The van der Waals surface area contributed by atoms with E-state index in [4.69, 9.17) is 0 Å². The molecule has 0 saturated heterocycles.